The first kappa shape index (κ1) is 24.1. The number of amides is 1. The number of allylic oxidation sites excluding steroid dienone is 1. The molecular formula is C26H19BrCl2N2O3. The number of nitrogens with one attached hydrogen (secondary N) is 1. The summed E-state index contributed by atoms with van der Waals surface area (Å²) in [5.41, 5.74) is 5.68. The van der Waals surface area contributed by atoms with Crippen molar-refractivity contribution in [3.8, 4) is 5.75 Å². The molecule has 4 rings (SSSR count). The first-order valence-electron chi connectivity index (χ1n) is 10.3. The van der Waals surface area contributed by atoms with E-state index in [2.05, 4.69) is 33.0 Å². The van der Waals surface area contributed by atoms with Gasteiger partial charge in [-0.3, -0.25) is 4.79 Å². The highest BCUT2D eigenvalue weighted by Crippen LogP contribution is 2.26. The van der Waals surface area contributed by atoms with Gasteiger partial charge in [-0.25, -0.2) is 5.43 Å². The second-order valence-electron chi connectivity index (χ2n) is 7.38. The van der Waals surface area contributed by atoms with E-state index in [0.717, 1.165) is 26.5 Å². The Balaban J connectivity index is 1.43. The van der Waals surface area contributed by atoms with Crippen LogP contribution >= 0.6 is 39.1 Å². The van der Waals surface area contributed by atoms with Crippen molar-refractivity contribution in [3.63, 3.8) is 0 Å². The van der Waals surface area contributed by atoms with Crippen LogP contribution in [0.2, 0.25) is 10.0 Å². The smallest absolute Gasteiger partial charge is 0.307 e. The lowest BCUT2D eigenvalue weighted by molar-refractivity contribution is 0.0929. The monoisotopic (exact) mass is 556 g/mol. The van der Waals surface area contributed by atoms with Crippen LogP contribution in [0.5, 0.6) is 5.75 Å². The van der Waals surface area contributed by atoms with Crippen molar-refractivity contribution < 1.29 is 13.9 Å². The molecule has 1 heterocycles. The van der Waals surface area contributed by atoms with Gasteiger partial charge in [0.2, 0.25) is 0 Å². The molecule has 4 aromatic rings. The molecule has 1 N–H and O–H groups in total. The van der Waals surface area contributed by atoms with Gasteiger partial charge < -0.3 is 9.15 Å². The number of hydrogen-bond acceptors (Lipinski definition) is 4. The number of ether oxygens (including phenoxy) is 1. The SMILES string of the molecule is C=CCc1cc(/C=N/NC(=O)c2cc3cc(Br)ccc3o2)ccc1OCc1ccc(Cl)cc1Cl. The number of carbonyl (C=O) groups excluding carboxylic acids is 1. The fraction of sp³-hybridized carbons (Fsp3) is 0.0769. The average Bonchev–Trinajstić information content (AvgIpc) is 3.23. The maximum atomic E-state index is 12.4. The molecule has 0 bridgehead atoms. The second kappa shape index (κ2) is 10.9. The third-order valence-electron chi connectivity index (χ3n) is 4.93. The molecular weight excluding hydrogens is 539 g/mol. The summed E-state index contributed by atoms with van der Waals surface area (Å²) < 4.78 is 12.5. The van der Waals surface area contributed by atoms with Gasteiger partial charge in [-0.2, -0.15) is 5.10 Å². The molecule has 1 amide bonds. The highest BCUT2D eigenvalue weighted by atomic mass is 79.9. The summed E-state index contributed by atoms with van der Waals surface area (Å²) in [6, 6.07) is 18.1. The Morgan fingerprint density at radius 3 is 2.74 bits per heavy atom. The standard InChI is InChI=1S/C26H19BrCl2N2O3/c1-2-3-17-10-16(4-8-23(17)33-15-18-5-7-21(28)13-22(18)29)14-30-31-26(32)25-12-19-11-20(27)6-9-24(19)34-25/h2,4-14H,1,3,15H2,(H,31,32)/b30-14+. The van der Waals surface area contributed by atoms with Crippen molar-refractivity contribution in [2.75, 3.05) is 0 Å². The number of carbonyl (C=O) groups is 1. The molecule has 0 saturated carbocycles. The van der Waals surface area contributed by atoms with E-state index < -0.39 is 5.91 Å². The van der Waals surface area contributed by atoms with Crippen molar-refractivity contribution in [1.82, 2.24) is 5.43 Å². The number of nitrogens with zero attached hydrogens (tertiary/aromatic N) is 1. The van der Waals surface area contributed by atoms with Gasteiger partial charge in [0, 0.05) is 25.5 Å². The minimum Gasteiger partial charge on any atom is -0.489 e. The van der Waals surface area contributed by atoms with Crippen LogP contribution in [0.4, 0.5) is 0 Å². The van der Waals surface area contributed by atoms with E-state index in [-0.39, 0.29) is 5.76 Å². The van der Waals surface area contributed by atoms with Gasteiger partial charge in [-0.05, 0) is 72.1 Å². The largest absolute Gasteiger partial charge is 0.489 e. The Morgan fingerprint density at radius 1 is 1.09 bits per heavy atom. The molecule has 172 valence electrons. The fourth-order valence-corrected chi connectivity index (χ4v) is 4.12. The highest BCUT2D eigenvalue weighted by molar-refractivity contribution is 9.10. The fourth-order valence-electron chi connectivity index (χ4n) is 3.28. The quantitative estimate of drug-likeness (QED) is 0.138. The van der Waals surface area contributed by atoms with Crippen molar-refractivity contribution in [1.29, 1.82) is 0 Å². The van der Waals surface area contributed by atoms with E-state index in [1.807, 2.05) is 36.4 Å². The number of benzene rings is 3. The minimum atomic E-state index is -0.435. The normalized spacial score (nSPS) is 11.1. The Morgan fingerprint density at radius 2 is 1.94 bits per heavy atom. The first-order chi connectivity index (χ1) is 16.4. The third-order valence-corrected chi connectivity index (χ3v) is 6.01. The van der Waals surface area contributed by atoms with Crippen molar-refractivity contribution in [2.45, 2.75) is 13.0 Å². The average molecular weight is 558 g/mol. The lowest BCUT2D eigenvalue weighted by Gasteiger charge is -2.12. The van der Waals surface area contributed by atoms with E-state index in [4.69, 9.17) is 32.4 Å². The predicted octanol–water partition coefficient (Wildman–Crippen LogP) is 7.57. The van der Waals surface area contributed by atoms with Crippen molar-refractivity contribution >= 4 is 62.2 Å². The zero-order chi connectivity index (χ0) is 24.1. The van der Waals surface area contributed by atoms with Gasteiger partial charge in [-0.1, -0.05) is 51.3 Å². The van der Waals surface area contributed by atoms with Crippen molar-refractivity contribution in [3.05, 3.63) is 110 Å². The lowest BCUT2D eigenvalue weighted by Crippen LogP contribution is -2.16. The topological polar surface area (TPSA) is 63.8 Å². The van der Waals surface area contributed by atoms with Crippen LogP contribution in [0.3, 0.4) is 0 Å². The van der Waals surface area contributed by atoms with Crippen molar-refractivity contribution in [2.24, 2.45) is 5.10 Å². The van der Waals surface area contributed by atoms with E-state index in [1.54, 1.807) is 36.6 Å². The first-order valence-corrected chi connectivity index (χ1v) is 11.8. The molecule has 0 spiro atoms. The van der Waals surface area contributed by atoms with Crippen LogP contribution in [0.15, 0.2) is 87.3 Å². The van der Waals surface area contributed by atoms with Gasteiger partial charge >= 0.3 is 5.91 Å². The molecule has 0 atom stereocenters. The molecule has 0 aliphatic heterocycles. The highest BCUT2D eigenvalue weighted by Gasteiger charge is 2.12. The summed E-state index contributed by atoms with van der Waals surface area (Å²) in [5.74, 6) is 0.456. The van der Waals surface area contributed by atoms with E-state index in [9.17, 15) is 4.79 Å². The van der Waals surface area contributed by atoms with Crippen LogP contribution in [-0.4, -0.2) is 12.1 Å². The molecule has 0 saturated heterocycles. The maximum absolute atomic E-state index is 12.4. The van der Waals surface area contributed by atoms with Gasteiger partial charge in [0.15, 0.2) is 5.76 Å². The predicted molar refractivity (Wildman–Crippen MR) is 140 cm³/mol. The molecule has 5 nitrogen and oxygen atoms in total. The summed E-state index contributed by atoms with van der Waals surface area (Å²) in [4.78, 5) is 12.4. The van der Waals surface area contributed by atoms with Crippen LogP contribution in [0.25, 0.3) is 11.0 Å². The minimum absolute atomic E-state index is 0.183. The Kier molecular flexibility index (Phi) is 7.73. The summed E-state index contributed by atoms with van der Waals surface area (Å²) in [6.07, 6.45) is 3.95. The summed E-state index contributed by atoms with van der Waals surface area (Å²) in [7, 11) is 0. The van der Waals surface area contributed by atoms with Crippen LogP contribution < -0.4 is 10.2 Å². The number of halogens is 3. The maximum Gasteiger partial charge on any atom is 0.307 e. The van der Waals surface area contributed by atoms with Gasteiger partial charge in [0.05, 0.1) is 6.21 Å². The number of furan rings is 1. The van der Waals surface area contributed by atoms with Crippen LogP contribution in [-0.2, 0) is 13.0 Å². The number of rotatable bonds is 8. The van der Waals surface area contributed by atoms with Crippen LogP contribution in [0.1, 0.15) is 27.2 Å². The van der Waals surface area contributed by atoms with Gasteiger partial charge in [-0.15, -0.1) is 6.58 Å². The number of fused-ring (bicyclic) bond motifs is 1. The summed E-state index contributed by atoms with van der Waals surface area (Å²) >= 11 is 15.6. The third kappa shape index (κ3) is 5.89. The molecule has 0 fully saturated rings. The Bertz CT molecular complexity index is 1400. The Hall–Kier alpha value is -3.06. The molecule has 0 radical (unpaired) electrons. The number of hydrazone groups is 1. The molecule has 8 heteroatoms. The van der Waals surface area contributed by atoms with Gasteiger partial charge in [0.25, 0.3) is 0 Å². The van der Waals surface area contributed by atoms with E-state index in [0.29, 0.717) is 34.4 Å². The summed E-state index contributed by atoms with van der Waals surface area (Å²) in [6.45, 7) is 4.12. The lowest BCUT2D eigenvalue weighted by atomic mass is 10.1. The second-order valence-corrected chi connectivity index (χ2v) is 9.14. The van der Waals surface area contributed by atoms with Crippen LogP contribution in [0, 0.1) is 0 Å². The zero-order valence-corrected chi connectivity index (χ0v) is 21.0. The zero-order valence-electron chi connectivity index (χ0n) is 17.9. The number of hydrogen-bond donors (Lipinski definition) is 1. The van der Waals surface area contributed by atoms with Gasteiger partial charge in [0.1, 0.15) is 17.9 Å². The molecule has 1 aromatic heterocycles. The molecule has 0 aliphatic rings. The Labute approximate surface area is 215 Å². The van der Waals surface area contributed by atoms with E-state index >= 15 is 0 Å². The van der Waals surface area contributed by atoms with E-state index in [1.165, 1.54) is 0 Å². The molecule has 34 heavy (non-hydrogen) atoms. The summed E-state index contributed by atoms with van der Waals surface area (Å²) in [5, 5.41) is 6.01. The molecule has 3 aromatic carbocycles. The molecule has 0 unspecified atom stereocenters. The molecule has 0 aliphatic carbocycles.